The Morgan fingerprint density at radius 3 is 2.75 bits per heavy atom. The third kappa shape index (κ3) is 4.40. The van der Waals surface area contributed by atoms with Crippen LogP contribution in [0, 0.1) is 17.7 Å². The average Bonchev–Trinajstić information content (AvgIpc) is 3.51. The van der Waals surface area contributed by atoms with Crippen LogP contribution in [0.1, 0.15) is 55.7 Å². The van der Waals surface area contributed by atoms with Crippen LogP contribution >= 0.6 is 0 Å². The molecule has 0 aliphatic carbocycles. The van der Waals surface area contributed by atoms with E-state index in [0.29, 0.717) is 6.04 Å². The second-order valence-electron chi connectivity index (χ2n) is 9.18. The van der Waals surface area contributed by atoms with E-state index < -0.39 is 0 Å². The van der Waals surface area contributed by atoms with Crippen molar-refractivity contribution >= 4 is 17.5 Å². The lowest BCUT2D eigenvalue weighted by Crippen LogP contribution is -2.35. The van der Waals surface area contributed by atoms with Gasteiger partial charge in [-0.25, -0.2) is 4.39 Å². The van der Waals surface area contributed by atoms with Gasteiger partial charge in [0.1, 0.15) is 5.82 Å². The van der Waals surface area contributed by atoms with Gasteiger partial charge in [-0.15, -0.1) is 0 Å². The molecule has 0 bridgehead atoms. The molecule has 2 aromatic rings. The van der Waals surface area contributed by atoms with Gasteiger partial charge in [0.05, 0.1) is 5.69 Å². The zero-order valence-corrected chi connectivity index (χ0v) is 19.0. The summed E-state index contributed by atoms with van der Waals surface area (Å²) in [7, 11) is 0. The molecule has 2 aromatic carbocycles. The van der Waals surface area contributed by atoms with Crippen molar-refractivity contribution in [3.05, 3.63) is 65.1 Å². The number of benzene rings is 2. The van der Waals surface area contributed by atoms with Gasteiger partial charge in [0.2, 0.25) is 0 Å². The van der Waals surface area contributed by atoms with Gasteiger partial charge in [-0.3, -0.25) is 4.90 Å². The van der Waals surface area contributed by atoms with Crippen LogP contribution in [-0.4, -0.2) is 37.1 Å². The highest BCUT2D eigenvalue weighted by atomic mass is 19.1. The standard InChI is InChI=1S/C28H32FN3/c1-2-3-4-7-22-8-9-24-20-31(16-12-23(24)18-22)25-10-11-28(27(29)19-25)32-17-13-26(21-32)30-14-5-6-15-30/h8-12,16,18-19,26H,2-3,5-6,13-15,17,20-21H2,1H3/t26-/m1/s1. The van der Waals surface area contributed by atoms with Gasteiger partial charge in [0, 0.05) is 49.5 Å². The molecule has 0 radical (unpaired) electrons. The molecule has 32 heavy (non-hydrogen) atoms. The fourth-order valence-electron chi connectivity index (χ4n) is 5.14. The Bertz CT molecular complexity index is 1060. The number of anilines is 2. The molecule has 0 spiro atoms. The monoisotopic (exact) mass is 429 g/mol. The Morgan fingerprint density at radius 2 is 1.94 bits per heavy atom. The van der Waals surface area contributed by atoms with Crippen molar-refractivity contribution in [1.29, 1.82) is 0 Å². The lowest BCUT2D eigenvalue weighted by atomic mass is 10.0. The summed E-state index contributed by atoms with van der Waals surface area (Å²) < 4.78 is 15.1. The topological polar surface area (TPSA) is 9.72 Å². The van der Waals surface area contributed by atoms with Crippen LogP contribution in [0.25, 0.3) is 6.08 Å². The smallest absolute Gasteiger partial charge is 0.148 e. The summed E-state index contributed by atoms with van der Waals surface area (Å²) in [5, 5.41) is 0. The number of hydrogen-bond donors (Lipinski definition) is 0. The van der Waals surface area contributed by atoms with E-state index in [1.54, 1.807) is 6.07 Å². The van der Waals surface area contributed by atoms with Crippen molar-refractivity contribution in [2.45, 2.75) is 51.6 Å². The van der Waals surface area contributed by atoms with Gasteiger partial charge in [0.15, 0.2) is 0 Å². The number of nitrogens with zero attached hydrogens (tertiary/aromatic N) is 3. The predicted octanol–water partition coefficient (Wildman–Crippen LogP) is 5.64. The molecule has 2 saturated heterocycles. The highest BCUT2D eigenvalue weighted by Gasteiger charge is 2.30. The molecule has 0 aromatic heterocycles. The van der Waals surface area contributed by atoms with Crippen LogP contribution < -0.4 is 9.80 Å². The van der Waals surface area contributed by atoms with E-state index in [1.807, 2.05) is 6.07 Å². The van der Waals surface area contributed by atoms with Crippen molar-refractivity contribution in [3.8, 4) is 11.8 Å². The van der Waals surface area contributed by atoms with Gasteiger partial charge in [-0.2, -0.15) is 0 Å². The van der Waals surface area contributed by atoms with E-state index in [-0.39, 0.29) is 5.82 Å². The Kier molecular flexibility index (Phi) is 6.19. The molecule has 0 unspecified atom stereocenters. The zero-order valence-electron chi connectivity index (χ0n) is 19.0. The fraction of sp³-hybridized carbons (Fsp3) is 0.429. The number of likely N-dealkylation sites (tertiary alicyclic amines) is 1. The van der Waals surface area contributed by atoms with E-state index in [0.717, 1.165) is 55.8 Å². The number of rotatable bonds is 4. The minimum atomic E-state index is -0.120. The van der Waals surface area contributed by atoms with Crippen molar-refractivity contribution in [3.63, 3.8) is 0 Å². The highest BCUT2D eigenvalue weighted by Crippen LogP contribution is 2.32. The molecular formula is C28H32FN3. The summed E-state index contributed by atoms with van der Waals surface area (Å²) in [5.41, 5.74) is 5.14. The van der Waals surface area contributed by atoms with Crippen LogP contribution in [0.4, 0.5) is 15.8 Å². The molecule has 4 heteroatoms. The normalized spacial score (nSPS) is 20.4. The fourth-order valence-corrected chi connectivity index (χ4v) is 5.14. The first-order valence-electron chi connectivity index (χ1n) is 12.1. The van der Waals surface area contributed by atoms with Crippen molar-refractivity contribution < 1.29 is 4.39 Å². The van der Waals surface area contributed by atoms with Gasteiger partial charge < -0.3 is 9.80 Å². The van der Waals surface area contributed by atoms with Gasteiger partial charge >= 0.3 is 0 Å². The second kappa shape index (κ2) is 9.38. The molecular weight excluding hydrogens is 397 g/mol. The number of hydrogen-bond acceptors (Lipinski definition) is 3. The maximum absolute atomic E-state index is 15.1. The molecule has 0 saturated carbocycles. The first-order valence-corrected chi connectivity index (χ1v) is 12.1. The first kappa shape index (κ1) is 21.1. The van der Waals surface area contributed by atoms with Crippen LogP contribution in [0.2, 0.25) is 0 Å². The summed E-state index contributed by atoms with van der Waals surface area (Å²) in [6, 6.07) is 12.7. The Hall–Kier alpha value is -2.77. The van der Waals surface area contributed by atoms with E-state index in [9.17, 15) is 0 Å². The van der Waals surface area contributed by atoms with Crippen LogP contribution in [0.3, 0.4) is 0 Å². The van der Waals surface area contributed by atoms with Crippen molar-refractivity contribution in [2.24, 2.45) is 0 Å². The summed E-state index contributed by atoms with van der Waals surface area (Å²) in [6.45, 7) is 7.18. The van der Waals surface area contributed by atoms with Crippen molar-refractivity contribution in [1.82, 2.24) is 4.90 Å². The second-order valence-corrected chi connectivity index (χ2v) is 9.18. The largest absolute Gasteiger partial charge is 0.368 e. The summed E-state index contributed by atoms with van der Waals surface area (Å²) in [4.78, 5) is 6.93. The highest BCUT2D eigenvalue weighted by molar-refractivity contribution is 5.67. The van der Waals surface area contributed by atoms with Crippen molar-refractivity contribution in [2.75, 3.05) is 36.0 Å². The molecule has 3 aliphatic rings. The lowest BCUT2D eigenvalue weighted by Gasteiger charge is -2.27. The molecule has 0 N–H and O–H groups in total. The van der Waals surface area contributed by atoms with E-state index in [4.69, 9.17) is 0 Å². The number of unbranched alkanes of at least 4 members (excludes halogenated alkanes) is 1. The van der Waals surface area contributed by atoms with Gasteiger partial charge in [0.25, 0.3) is 0 Å². The van der Waals surface area contributed by atoms with Crippen LogP contribution in [-0.2, 0) is 6.54 Å². The third-order valence-corrected chi connectivity index (χ3v) is 6.95. The molecule has 1 atom stereocenters. The molecule has 0 amide bonds. The Morgan fingerprint density at radius 1 is 1.06 bits per heavy atom. The van der Waals surface area contributed by atoms with Crippen LogP contribution in [0.5, 0.6) is 0 Å². The molecule has 3 heterocycles. The summed E-state index contributed by atoms with van der Waals surface area (Å²) >= 11 is 0. The molecule has 5 rings (SSSR count). The molecule has 3 nitrogen and oxygen atoms in total. The maximum Gasteiger partial charge on any atom is 0.148 e. The van der Waals surface area contributed by atoms with E-state index >= 15 is 4.39 Å². The minimum Gasteiger partial charge on any atom is -0.368 e. The summed E-state index contributed by atoms with van der Waals surface area (Å²) in [5.74, 6) is 6.34. The van der Waals surface area contributed by atoms with Gasteiger partial charge in [-0.1, -0.05) is 24.8 Å². The Balaban J connectivity index is 1.27. The first-order chi connectivity index (χ1) is 15.7. The average molecular weight is 430 g/mol. The number of fused-ring (bicyclic) bond motifs is 1. The predicted molar refractivity (Wildman–Crippen MR) is 131 cm³/mol. The quantitative estimate of drug-likeness (QED) is 0.582. The third-order valence-electron chi connectivity index (χ3n) is 6.95. The summed E-state index contributed by atoms with van der Waals surface area (Å²) in [6.07, 6.45) is 9.92. The van der Waals surface area contributed by atoms with E-state index in [1.165, 1.54) is 37.1 Å². The minimum absolute atomic E-state index is 0.120. The van der Waals surface area contributed by atoms with Crippen LogP contribution in [0.15, 0.2) is 42.6 Å². The Labute approximate surface area is 191 Å². The maximum atomic E-state index is 15.1. The zero-order chi connectivity index (χ0) is 21.9. The molecule has 166 valence electrons. The molecule has 2 fully saturated rings. The molecule has 3 aliphatic heterocycles. The SMILES string of the molecule is CCCC#Cc1ccc2c(c1)C=CN(c1ccc(N3CC[C@@H](N4CCCC4)C3)c(F)c1)C2. The lowest BCUT2D eigenvalue weighted by molar-refractivity contribution is 0.260. The number of halogens is 1. The van der Waals surface area contributed by atoms with E-state index in [2.05, 4.69) is 70.0 Å². The van der Waals surface area contributed by atoms with Gasteiger partial charge in [-0.05, 0) is 86.3 Å².